The van der Waals surface area contributed by atoms with Gasteiger partial charge >= 0.3 is 0 Å². The lowest BCUT2D eigenvalue weighted by Crippen LogP contribution is -2.31. The van der Waals surface area contributed by atoms with Crippen LogP contribution in [0.15, 0.2) is 42.5 Å². The summed E-state index contributed by atoms with van der Waals surface area (Å²) in [5, 5.41) is 3.43. The lowest BCUT2D eigenvalue weighted by molar-refractivity contribution is -0.129. The predicted molar refractivity (Wildman–Crippen MR) is 102 cm³/mol. The molecule has 0 saturated carbocycles. The quantitative estimate of drug-likeness (QED) is 0.835. The van der Waals surface area contributed by atoms with E-state index in [4.69, 9.17) is 11.6 Å². The van der Waals surface area contributed by atoms with E-state index in [1.807, 2.05) is 50.2 Å². The number of halogens is 1. The minimum atomic E-state index is -0.143. The molecule has 25 heavy (non-hydrogen) atoms. The molecule has 0 radical (unpaired) electrons. The number of nitrogens with zero attached hydrogens (tertiary/aromatic N) is 1. The van der Waals surface area contributed by atoms with Crippen LogP contribution < -0.4 is 5.32 Å². The fourth-order valence-corrected chi connectivity index (χ4v) is 2.57. The minimum Gasteiger partial charge on any atom is -0.338 e. The molecular formula is C20H23ClN2O2. The Kier molecular flexibility index (Phi) is 6.59. The molecule has 132 valence electrons. The number of nitrogens with one attached hydrogen (secondary N) is 1. The fourth-order valence-electron chi connectivity index (χ4n) is 2.39. The van der Waals surface area contributed by atoms with Gasteiger partial charge in [0.2, 0.25) is 11.8 Å². The largest absolute Gasteiger partial charge is 0.338 e. The van der Waals surface area contributed by atoms with E-state index in [1.165, 1.54) is 12.5 Å². The Morgan fingerprint density at radius 1 is 1.08 bits per heavy atom. The SMILES string of the molecule is CC(=O)N(CCC(=O)Nc1ccc(C)c(Cl)c1)Cc1ccc(C)cc1. The summed E-state index contributed by atoms with van der Waals surface area (Å²) in [7, 11) is 0. The number of carbonyl (C=O) groups excluding carboxylic acids is 2. The highest BCUT2D eigenvalue weighted by Crippen LogP contribution is 2.20. The molecule has 0 unspecified atom stereocenters. The van der Waals surface area contributed by atoms with Gasteiger partial charge in [-0.05, 0) is 37.1 Å². The zero-order valence-electron chi connectivity index (χ0n) is 14.8. The molecule has 0 aliphatic rings. The van der Waals surface area contributed by atoms with Crippen molar-refractivity contribution >= 4 is 29.1 Å². The van der Waals surface area contributed by atoms with E-state index < -0.39 is 0 Å². The van der Waals surface area contributed by atoms with Crippen LogP contribution in [0.1, 0.15) is 30.0 Å². The summed E-state index contributed by atoms with van der Waals surface area (Å²) < 4.78 is 0. The molecule has 2 amide bonds. The van der Waals surface area contributed by atoms with Crippen molar-refractivity contribution in [3.63, 3.8) is 0 Å². The molecule has 0 fully saturated rings. The first kappa shape index (κ1) is 19.0. The van der Waals surface area contributed by atoms with Crippen molar-refractivity contribution in [2.75, 3.05) is 11.9 Å². The molecule has 2 rings (SSSR count). The maximum absolute atomic E-state index is 12.1. The molecule has 0 bridgehead atoms. The summed E-state index contributed by atoms with van der Waals surface area (Å²) in [6, 6.07) is 13.4. The second kappa shape index (κ2) is 8.67. The first-order valence-corrected chi connectivity index (χ1v) is 8.60. The number of aryl methyl sites for hydroxylation is 2. The van der Waals surface area contributed by atoms with Crippen molar-refractivity contribution in [2.45, 2.75) is 33.7 Å². The van der Waals surface area contributed by atoms with E-state index in [1.54, 1.807) is 11.0 Å². The summed E-state index contributed by atoms with van der Waals surface area (Å²) in [6.07, 6.45) is 0.233. The molecule has 1 N–H and O–H groups in total. The van der Waals surface area contributed by atoms with E-state index in [0.29, 0.717) is 23.8 Å². The number of hydrogen-bond donors (Lipinski definition) is 1. The van der Waals surface area contributed by atoms with E-state index in [-0.39, 0.29) is 18.2 Å². The van der Waals surface area contributed by atoms with Crippen LogP contribution in [0.3, 0.4) is 0 Å². The van der Waals surface area contributed by atoms with E-state index in [9.17, 15) is 9.59 Å². The zero-order valence-corrected chi connectivity index (χ0v) is 15.6. The standard InChI is InChI=1S/C20H23ClN2O2/c1-14-4-7-17(8-5-14)13-23(16(3)24)11-10-20(25)22-18-9-6-15(2)19(21)12-18/h4-9,12H,10-11,13H2,1-3H3,(H,22,25). The molecule has 0 atom stereocenters. The maximum Gasteiger partial charge on any atom is 0.226 e. The smallest absolute Gasteiger partial charge is 0.226 e. The van der Waals surface area contributed by atoms with Crippen molar-refractivity contribution in [1.29, 1.82) is 0 Å². The molecule has 0 aliphatic carbocycles. The molecule has 0 aliphatic heterocycles. The highest BCUT2D eigenvalue weighted by Gasteiger charge is 2.12. The second-order valence-corrected chi connectivity index (χ2v) is 6.60. The van der Waals surface area contributed by atoms with Gasteiger partial charge in [-0.3, -0.25) is 9.59 Å². The van der Waals surface area contributed by atoms with Gasteiger partial charge in [0.25, 0.3) is 0 Å². The van der Waals surface area contributed by atoms with Crippen molar-refractivity contribution in [3.05, 3.63) is 64.2 Å². The van der Waals surface area contributed by atoms with Gasteiger partial charge in [0, 0.05) is 37.1 Å². The monoisotopic (exact) mass is 358 g/mol. The number of anilines is 1. The van der Waals surface area contributed by atoms with Gasteiger partial charge in [-0.2, -0.15) is 0 Å². The Morgan fingerprint density at radius 2 is 1.76 bits per heavy atom. The van der Waals surface area contributed by atoms with Crippen LogP contribution >= 0.6 is 11.6 Å². The second-order valence-electron chi connectivity index (χ2n) is 6.19. The lowest BCUT2D eigenvalue weighted by Gasteiger charge is -2.21. The summed E-state index contributed by atoms with van der Waals surface area (Å²) in [5.74, 6) is -0.193. The molecular weight excluding hydrogens is 336 g/mol. The summed E-state index contributed by atoms with van der Waals surface area (Å²) >= 11 is 6.06. The normalized spacial score (nSPS) is 10.4. The topological polar surface area (TPSA) is 49.4 Å². The van der Waals surface area contributed by atoms with E-state index in [2.05, 4.69) is 5.32 Å². The number of amides is 2. The maximum atomic E-state index is 12.1. The van der Waals surface area contributed by atoms with Gasteiger partial charge in [-0.15, -0.1) is 0 Å². The summed E-state index contributed by atoms with van der Waals surface area (Å²) in [6.45, 7) is 6.32. The molecule has 2 aromatic carbocycles. The fraction of sp³-hybridized carbons (Fsp3) is 0.300. The lowest BCUT2D eigenvalue weighted by atomic mass is 10.1. The van der Waals surface area contributed by atoms with Gasteiger partial charge in [0.1, 0.15) is 0 Å². The van der Waals surface area contributed by atoms with Crippen LogP contribution in [0.5, 0.6) is 0 Å². The average Bonchev–Trinajstić information content (AvgIpc) is 2.56. The van der Waals surface area contributed by atoms with Crippen molar-refractivity contribution < 1.29 is 9.59 Å². The van der Waals surface area contributed by atoms with Crippen LogP contribution in [0.25, 0.3) is 0 Å². The Balaban J connectivity index is 1.91. The Hall–Kier alpha value is -2.33. The molecule has 4 nitrogen and oxygen atoms in total. The molecule has 0 spiro atoms. The first-order chi connectivity index (χ1) is 11.8. The van der Waals surface area contributed by atoms with Crippen molar-refractivity contribution in [3.8, 4) is 0 Å². The molecule has 2 aromatic rings. The van der Waals surface area contributed by atoms with E-state index in [0.717, 1.165) is 11.1 Å². The number of benzene rings is 2. The predicted octanol–water partition coefficient (Wildman–Crippen LogP) is 4.33. The van der Waals surface area contributed by atoms with E-state index >= 15 is 0 Å². The highest BCUT2D eigenvalue weighted by molar-refractivity contribution is 6.31. The third-order valence-electron chi connectivity index (χ3n) is 4.00. The zero-order chi connectivity index (χ0) is 18.4. The molecule has 0 saturated heterocycles. The minimum absolute atomic E-state index is 0.0493. The van der Waals surface area contributed by atoms with Crippen LogP contribution in [0.4, 0.5) is 5.69 Å². The van der Waals surface area contributed by atoms with Gasteiger partial charge in [-0.1, -0.05) is 47.5 Å². The third kappa shape index (κ3) is 5.91. The number of carbonyl (C=O) groups is 2. The Bertz CT molecular complexity index is 757. The number of hydrogen-bond acceptors (Lipinski definition) is 2. The van der Waals surface area contributed by atoms with Crippen molar-refractivity contribution in [1.82, 2.24) is 4.90 Å². The number of rotatable bonds is 6. The van der Waals surface area contributed by atoms with Crippen LogP contribution in [0, 0.1) is 13.8 Å². The summed E-state index contributed by atoms with van der Waals surface area (Å²) in [5.41, 5.74) is 3.84. The molecule has 0 heterocycles. The van der Waals surface area contributed by atoms with Crippen LogP contribution in [0.2, 0.25) is 5.02 Å². The Labute approximate surface area is 153 Å². The van der Waals surface area contributed by atoms with Gasteiger partial charge in [0.15, 0.2) is 0 Å². The van der Waals surface area contributed by atoms with Crippen LogP contribution in [-0.4, -0.2) is 23.3 Å². The van der Waals surface area contributed by atoms with Crippen LogP contribution in [-0.2, 0) is 16.1 Å². The summed E-state index contributed by atoms with van der Waals surface area (Å²) in [4.78, 5) is 25.7. The van der Waals surface area contributed by atoms with Crippen molar-refractivity contribution in [2.24, 2.45) is 0 Å². The van der Waals surface area contributed by atoms with Gasteiger partial charge in [0.05, 0.1) is 0 Å². The van der Waals surface area contributed by atoms with Gasteiger partial charge in [-0.25, -0.2) is 0 Å². The van der Waals surface area contributed by atoms with Gasteiger partial charge < -0.3 is 10.2 Å². The molecule has 5 heteroatoms. The third-order valence-corrected chi connectivity index (χ3v) is 4.41. The average molecular weight is 359 g/mol. The highest BCUT2D eigenvalue weighted by atomic mass is 35.5. The first-order valence-electron chi connectivity index (χ1n) is 8.22. The Morgan fingerprint density at radius 3 is 2.36 bits per heavy atom. The molecule has 0 aromatic heterocycles.